The maximum absolute atomic E-state index is 13.1. The van der Waals surface area contributed by atoms with Crippen LogP contribution in [-0.2, 0) is 14.4 Å². The lowest BCUT2D eigenvalue weighted by atomic mass is 10.1. The summed E-state index contributed by atoms with van der Waals surface area (Å²) in [6.07, 6.45) is 1.27. The molecule has 4 rings (SSSR count). The number of anilines is 2. The van der Waals surface area contributed by atoms with Gasteiger partial charge in [-0.05, 0) is 92.1 Å². The van der Waals surface area contributed by atoms with Gasteiger partial charge in [0.1, 0.15) is 11.3 Å². The monoisotopic (exact) mass is 563 g/mol. The largest absolute Gasteiger partial charge is 0.508 e. The number of urea groups is 1. The molecule has 40 heavy (non-hydrogen) atoms. The number of phenolic OH excluding ortho intramolecular Hbond substituents is 1. The molecule has 0 bridgehead atoms. The summed E-state index contributed by atoms with van der Waals surface area (Å²) in [6.45, 7) is 5.55. The molecule has 0 saturated carbocycles. The van der Waals surface area contributed by atoms with Crippen LogP contribution in [0.4, 0.5) is 16.2 Å². The molecule has 1 fully saturated rings. The van der Waals surface area contributed by atoms with Crippen molar-refractivity contribution in [2.24, 2.45) is 0 Å². The number of benzene rings is 3. The summed E-state index contributed by atoms with van der Waals surface area (Å²) in [5.74, 6) is -1.91. The van der Waals surface area contributed by atoms with Gasteiger partial charge < -0.3 is 19.9 Å². The van der Waals surface area contributed by atoms with Crippen LogP contribution in [0.15, 0.2) is 60.2 Å². The summed E-state index contributed by atoms with van der Waals surface area (Å²) in [5.41, 5.74) is 2.92. The van der Waals surface area contributed by atoms with Crippen molar-refractivity contribution >= 4 is 52.8 Å². The number of phenols is 1. The van der Waals surface area contributed by atoms with Crippen LogP contribution in [-0.4, -0.2) is 42.1 Å². The highest BCUT2D eigenvalue weighted by atomic mass is 35.5. The molecule has 1 aliphatic rings. The van der Waals surface area contributed by atoms with Crippen molar-refractivity contribution < 1.29 is 33.8 Å². The van der Waals surface area contributed by atoms with E-state index in [1.807, 2.05) is 26.0 Å². The van der Waals surface area contributed by atoms with Crippen molar-refractivity contribution in [2.75, 3.05) is 23.4 Å². The second-order valence-electron chi connectivity index (χ2n) is 8.87. The van der Waals surface area contributed by atoms with Crippen molar-refractivity contribution in [2.45, 2.75) is 20.8 Å². The molecule has 0 unspecified atom stereocenters. The average Bonchev–Trinajstić information content (AvgIpc) is 2.89. The molecule has 0 radical (unpaired) electrons. The van der Waals surface area contributed by atoms with Crippen LogP contribution in [0.1, 0.15) is 23.6 Å². The van der Waals surface area contributed by atoms with Gasteiger partial charge >= 0.3 is 6.03 Å². The van der Waals surface area contributed by atoms with Gasteiger partial charge in [-0.25, -0.2) is 9.69 Å². The third-order valence-corrected chi connectivity index (χ3v) is 6.27. The SMILES string of the molecule is CCOc1cc(/C=C2/C(=O)NC(=O)N(c3ccc(O)cc3)C2=O)cc(Cl)c1OCC(=O)Nc1ccc(C)c(C)c1. The average molecular weight is 564 g/mol. The molecule has 10 nitrogen and oxygen atoms in total. The Morgan fingerprint density at radius 1 is 1.02 bits per heavy atom. The topological polar surface area (TPSA) is 134 Å². The Kier molecular flexibility index (Phi) is 8.40. The molecule has 1 aliphatic heterocycles. The number of hydrogen-bond donors (Lipinski definition) is 3. The second kappa shape index (κ2) is 11.9. The number of nitrogens with zero attached hydrogens (tertiary/aromatic N) is 1. The number of nitrogens with one attached hydrogen (secondary N) is 2. The van der Waals surface area contributed by atoms with Crippen molar-refractivity contribution in [3.05, 3.63) is 81.9 Å². The van der Waals surface area contributed by atoms with E-state index in [0.717, 1.165) is 16.0 Å². The summed E-state index contributed by atoms with van der Waals surface area (Å²) < 4.78 is 11.3. The number of hydrogen-bond acceptors (Lipinski definition) is 7. The van der Waals surface area contributed by atoms with Crippen LogP contribution in [0.2, 0.25) is 5.02 Å². The molecule has 206 valence electrons. The lowest BCUT2D eigenvalue weighted by Crippen LogP contribution is -2.54. The molecule has 1 saturated heterocycles. The molecule has 0 atom stereocenters. The first-order chi connectivity index (χ1) is 19.1. The summed E-state index contributed by atoms with van der Waals surface area (Å²) >= 11 is 6.47. The standard InChI is InChI=1S/C29H26ClN3O7/c1-4-39-24-14-18(12-22-27(36)32-29(38)33(28(22)37)20-7-9-21(34)10-8-20)13-23(30)26(24)40-15-25(35)31-19-6-5-16(2)17(3)11-19/h5-14,34H,4,15H2,1-3H3,(H,31,35)(H,32,36,38)/b22-12-. The first-order valence-corrected chi connectivity index (χ1v) is 12.6. The van der Waals surface area contributed by atoms with Gasteiger partial charge in [0.2, 0.25) is 0 Å². The third kappa shape index (κ3) is 6.24. The number of imide groups is 2. The molecule has 3 aromatic rings. The zero-order valence-electron chi connectivity index (χ0n) is 21.9. The normalized spacial score (nSPS) is 14.2. The number of halogens is 1. The molecule has 1 heterocycles. The number of carbonyl (C=O) groups excluding carboxylic acids is 4. The van der Waals surface area contributed by atoms with Gasteiger partial charge in [-0.1, -0.05) is 17.7 Å². The number of rotatable bonds is 8. The molecule has 3 aromatic carbocycles. The van der Waals surface area contributed by atoms with Gasteiger partial charge in [0, 0.05) is 5.69 Å². The van der Waals surface area contributed by atoms with Gasteiger partial charge in [0.25, 0.3) is 17.7 Å². The highest BCUT2D eigenvalue weighted by molar-refractivity contribution is 6.39. The van der Waals surface area contributed by atoms with E-state index in [1.165, 1.54) is 42.5 Å². The summed E-state index contributed by atoms with van der Waals surface area (Å²) in [7, 11) is 0. The molecular formula is C29H26ClN3O7. The molecule has 0 aromatic heterocycles. The Morgan fingerprint density at radius 3 is 2.42 bits per heavy atom. The van der Waals surface area contributed by atoms with Gasteiger partial charge in [-0.2, -0.15) is 0 Å². The van der Waals surface area contributed by atoms with E-state index < -0.39 is 23.8 Å². The highest BCUT2D eigenvalue weighted by Crippen LogP contribution is 2.37. The van der Waals surface area contributed by atoms with E-state index >= 15 is 0 Å². The third-order valence-electron chi connectivity index (χ3n) is 5.99. The quantitative estimate of drug-likeness (QED) is 0.266. The van der Waals surface area contributed by atoms with Crippen molar-refractivity contribution in [1.29, 1.82) is 0 Å². The number of barbiturate groups is 1. The minimum atomic E-state index is -0.923. The number of amides is 5. The summed E-state index contributed by atoms with van der Waals surface area (Å²) in [6, 6.07) is 12.9. The van der Waals surface area contributed by atoms with Gasteiger partial charge in [-0.15, -0.1) is 0 Å². The fraction of sp³-hybridized carbons (Fsp3) is 0.172. The lowest BCUT2D eigenvalue weighted by molar-refractivity contribution is -0.122. The van der Waals surface area contributed by atoms with E-state index in [4.69, 9.17) is 21.1 Å². The zero-order valence-corrected chi connectivity index (χ0v) is 22.7. The van der Waals surface area contributed by atoms with E-state index in [-0.39, 0.29) is 46.7 Å². The summed E-state index contributed by atoms with van der Waals surface area (Å²) in [5, 5.41) is 14.5. The molecule has 3 N–H and O–H groups in total. The fourth-order valence-corrected chi connectivity index (χ4v) is 4.16. The van der Waals surface area contributed by atoms with Crippen LogP contribution in [0.3, 0.4) is 0 Å². The Labute approximate surface area is 235 Å². The Balaban J connectivity index is 1.57. The van der Waals surface area contributed by atoms with Crippen molar-refractivity contribution in [1.82, 2.24) is 5.32 Å². The van der Waals surface area contributed by atoms with Crippen molar-refractivity contribution in [3.63, 3.8) is 0 Å². The van der Waals surface area contributed by atoms with Gasteiger partial charge in [-0.3, -0.25) is 19.7 Å². The second-order valence-corrected chi connectivity index (χ2v) is 9.28. The number of aryl methyl sites for hydroxylation is 2. The van der Waals surface area contributed by atoms with Crippen LogP contribution in [0, 0.1) is 13.8 Å². The smallest absolute Gasteiger partial charge is 0.335 e. The first-order valence-electron chi connectivity index (χ1n) is 12.2. The lowest BCUT2D eigenvalue weighted by Gasteiger charge is -2.26. The van der Waals surface area contributed by atoms with E-state index in [9.17, 15) is 24.3 Å². The Bertz CT molecular complexity index is 1530. The predicted octanol–water partition coefficient (Wildman–Crippen LogP) is 4.75. The van der Waals surface area contributed by atoms with Gasteiger partial charge in [0.15, 0.2) is 18.1 Å². The number of carbonyl (C=O) groups is 4. The minimum absolute atomic E-state index is 0.0522. The van der Waals surface area contributed by atoms with Crippen LogP contribution in [0.25, 0.3) is 6.08 Å². The summed E-state index contributed by atoms with van der Waals surface area (Å²) in [4.78, 5) is 51.4. The van der Waals surface area contributed by atoms with E-state index in [2.05, 4.69) is 10.6 Å². The van der Waals surface area contributed by atoms with Crippen molar-refractivity contribution in [3.8, 4) is 17.2 Å². The number of ether oxygens (including phenoxy) is 2. The Morgan fingerprint density at radius 2 is 1.75 bits per heavy atom. The molecule has 11 heteroatoms. The van der Waals surface area contributed by atoms with Crippen LogP contribution < -0.4 is 25.0 Å². The molecular weight excluding hydrogens is 538 g/mol. The molecule has 5 amide bonds. The fourth-order valence-electron chi connectivity index (χ4n) is 3.89. The predicted molar refractivity (Wildman–Crippen MR) is 150 cm³/mol. The maximum atomic E-state index is 13.1. The highest BCUT2D eigenvalue weighted by Gasteiger charge is 2.37. The minimum Gasteiger partial charge on any atom is -0.508 e. The zero-order chi connectivity index (χ0) is 29.0. The Hall–Kier alpha value is -4.83. The van der Waals surface area contributed by atoms with E-state index in [1.54, 1.807) is 13.0 Å². The molecule has 0 spiro atoms. The van der Waals surface area contributed by atoms with Crippen LogP contribution >= 0.6 is 11.6 Å². The maximum Gasteiger partial charge on any atom is 0.335 e. The van der Waals surface area contributed by atoms with Crippen LogP contribution in [0.5, 0.6) is 17.2 Å². The van der Waals surface area contributed by atoms with Gasteiger partial charge in [0.05, 0.1) is 17.3 Å². The number of aromatic hydroxyl groups is 1. The first kappa shape index (κ1) is 28.2. The van der Waals surface area contributed by atoms with E-state index in [0.29, 0.717) is 11.3 Å². The molecule has 0 aliphatic carbocycles.